The molecule has 0 amide bonds. The monoisotopic (exact) mass is 150 g/mol. The van der Waals surface area contributed by atoms with E-state index in [0.29, 0.717) is 0 Å². The molecule has 0 N–H and O–H groups in total. The van der Waals surface area contributed by atoms with E-state index in [2.05, 4.69) is 39.8 Å². The van der Waals surface area contributed by atoms with Gasteiger partial charge in [-0.3, -0.25) is 0 Å². The topological polar surface area (TPSA) is 12.5 Å². The molecule has 0 aromatic carbocycles. The van der Waals surface area contributed by atoms with Crippen LogP contribution in [0.1, 0.15) is 27.7 Å². The van der Waals surface area contributed by atoms with Crippen molar-refractivity contribution in [3.63, 3.8) is 0 Å². The van der Waals surface area contributed by atoms with Crippen molar-refractivity contribution in [3.8, 4) is 0 Å². The largest absolute Gasteiger partial charge is 0.354 e. The number of ether oxygens (including phenoxy) is 1. The summed E-state index contributed by atoms with van der Waals surface area (Å²) in [5, 5.41) is 0. The van der Waals surface area contributed by atoms with E-state index < -0.39 is 0 Å². The maximum absolute atomic E-state index is 5.69. The highest BCUT2D eigenvalue weighted by atomic mass is 16.6. The minimum absolute atomic E-state index is 0.00338. The van der Waals surface area contributed by atoms with Gasteiger partial charge in [0.25, 0.3) is 0 Å². The molecule has 60 valence electrons. The molecule has 1 nitrogen and oxygen atoms in total. The number of rotatable bonds is 0. The molecular formula is C10H14O. The van der Waals surface area contributed by atoms with Crippen LogP contribution < -0.4 is 0 Å². The van der Waals surface area contributed by atoms with Crippen molar-refractivity contribution in [2.75, 3.05) is 0 Å². The fourth-order valence-corrected chi connectivity index (χ4v) is 1.83. The first-order valence-corrected chi connectivity index (χ1v) is 4.07. The molecule has 0 aromatic heterocycles. The molecule has 1 aliphatic heterocycles. The average Bonchev–Trinajstić information content (AvgIpc) is 2.50. The standard InChI is InChI=1S/C10H14O/c1-7-5-6-9(3)10(4,11-9)8(7)2/h5-6H,1-4H3. The van der Waals surface area contributed by atoms with E-state index in [1.165, 1.54) is 11.1 Å². The maximum Gasteiger partial charge on any atom is 0.120 e. The number of hydrogen-bond donors (Lipinski definition) is 0. The normalized spacial score (nSPS) is 47.6. The van der Waals surface area contributed by atoms with Crippen LogP contribution in [0.5, 0.6) is 0 Å². The van der Waals surface area contributed by atoms with Crippen molar-refractivity contribution in [2.45, 2.75) is 38.9 Å². The third-order valence-corrected chi connectivity index (χ3v) is 3.28. The second-order valence-electron chi connectivity index (χ2n) is 3.88. The average molecular weight is 150 g/mol. The van der Waals surface area contributed by atoms with Crippen LogP contribution in [0.25, 0.3) is 0 Å². The Morgan fingerprint density at radius 3 is 2.45 bits per heavy atom. The third kappa shape index (κ3) is 0.646. The molecule has 0 aromatic rings. The summed E-state index contributed by atoms with van der Waals surface area (Å²) in [5.74, 6) is 0. The Balaban J connectivity index is 2.49. The Kier molecular flexibility index (Phi) is 1.04. The summed E-state index contributed by atoms with van der Waals surface area (Å²) in [6.07, 6.45) is 4.32. The van der Waals surface area contributed by atoms with Crippen molar-refractivity contribution in [1.82, 2.24) is 0 Å². The van der Waals surface area contributed by atoms with Crippen LogP contribution in [0.3, 0.4) is 0 Å². The van der Waals surface area contributed by atoms with Gasteiger partial charge in [0.05, 0.1) is 0 Å². The van der Waals surface area contributed by atoms with Crippen LogP contribution in [-0.2, 0) is 4.74 Å². The molecule has 0 radical (unpaired) electrons. The third-order valence-electron chi connectivity index (χ3n) is 3.28. The zero-order valence-corrected chi connectivity index (χ0v) is 7.56. The minimum atomic E-state index is -0.00338. The highest BCUT2D eigenvalue weighted by molar-refractivity contribution is 5.46. The second-order valence-corrected chi connectivity index (χ2v) is 3.88. The molecule has 0 spiro atoms. The van der Waals surface area contributed by atoms with Crippen molar-refractivity contribution in [2.24, 2.45) is 0 Å². The Bertz CT molecular complexity index is 275. The van der Waals surface area contributed by atoms with Crippen LogP contribution in [0.15, 0.2) is 23.3 Å². The molecule has 2 atom stereocenters. The molecule has 1 heteroatoms. The van der Waals surface area contributed by atoms with Gasteiger partial charge in [0.2, 0.25) is 0 Å². The minimum Gasteiger partial charge on any atom is -0.354 e. The smallest absolute Gasteiger partial charge is 0.120 e. The van der Waals surface area contributed by atoms with Gasteiger partial charge < -0.3 is 4.74 Å². The second kappa shape index (κ2) is 1.61. The summed E-state index contributed by atoms with van der Waals surface area (Å²) in [7, 11) is 0. The van der Waals surface area contributed by atoms with Crippen LogP contribution in [0.2, 0.25) is 0 Å². The lowest BCUT2D eigenvalue weighted by atomic mass is 9.83. The summed E-state index contributed by atoms with van der Waals surface area (Å²) in [5.41, 5.74) is 2.73. The lowest BCUT2D eigenvalue weighted by Gasteiger charge is -2.16. The summed E-state index contributed by atoms with van der Waals surface area (Å²) in [6, 6.07) is 0. The number of epoxide rings is 1. The fraction of sp³-hybridized carbons (Fsp3) is 0.600. The first-order chi connectivity index (χ1) is 5.00. The lowest BCUT2D eigenvalue weighted by Crippen LogP contribution is -2.22. The summed E-state index contributed by atoms with van der Waals surface area (Å²) >= 11 is 0. The number of hydrogen-bond acceptors (Lipinski definition) is 1. The van der Waals surface area contributed by atoms with Gasteiger partial charge in [-0.05, 0) is 44.9 Å². The summed E-state index contributed by atoms with van der Waals surface area (Å²) in [4.78, 5) is 0. The molecular weight excluding hydrogens is 136 g/mol. The Morgan fingerprint density at radius 2 is 1.91 bits per heavy atom. The molecule has 1 fully saturated rings. The molecule has 1 aliphatic carbocycles. The Labute approximate surface area is 67.7 Å². The van der Waals surface area contributed by atoms with Crippen molar-refractivity contribution in [3.05, 3.63) is 23.3 Å². The van der Waals surface area contributed by atoms with Gasteiger partial charge >= 0.3 is 0 Å². The van der Waals surface area contributed by atoms with Crippen molar-refractivity contribution in [1.29, 1.82) is 0 Å². The van der Waals surface area contributed by atoms with E-state index >= 15 is 0 Å². The van der Waals surface area contributed by atoms with E-state index in [4.69, 9.17) is 4.74 Å². The van der Waals surface area contributed by atoms with E-state index in [-0.39, 0.29) is 11.2 Å². The van der Waals surface area contributed by atoms with Crippen molar-refractivity contribution >= 4 is 0 Å². The SMILES string of the molecule is CC1=C(C)C2(C)OC2(C)C=C1. The molecule has 0 saturated carbocycles. The van der Waals surface area contributed by atoms with Gasteiger partial charge in [-0.25, -0.2) is 0 Å². The van der Waals surface area contributed by atoms with E-state index in [0.717, 1.165) is 0 Å². The van der Waals surface area contributed by atoms with Crippen LogP contribution in [0.4, 0.5) is 0 Å². The summed E-state index contributed by atoms with van der Waals surface area (Å²) in [6.45, 7) is 8.59. The van der Waals surface area contributed by atoms with Gasteiger partial charge in [0, 0.05) is 0 Å². The molecule has 2 rings (SSSR count). The van der Waals surface area contributed by atoms with Crippen LogP contribution in [-0.4, -0.2) is 11.2 Å². The van der Waals surface area contributed by atoms with Gasteiger partial charge in [0.1, 0.15) is 11.2 Å². The Morgan fingerprint density at radius 1 is 1.27 bits per heavy atom. The molecule has 1 saturated heterocycles. The Hall–Kier alpha value is -0.560. The molecule has 11 heavy (non-hydrogen) atoms. The molecule has 1 heterocycles. The van der Waals surface area contributed by atoms with Gasteiger partial charge in [0.15, 0.2) is 0 Å². The molecule has 2 aliphatic rings. The van der Waals surface area contributed by atoms with E-state index in [1.807, 2.05) is 0 Å². The highest BCUT2D eigenvalue weighted by Gasteiger charge is 2.64. The van der Waals surface area contributed by atoms with E-state index in [1.54, 1.807) is 0 Å². The lowest BCUT2D eigenvalue weighted by molar-refractivity contribution is 0.317. The molecule has 0 bridgehead atoms. The van der Waals surface area contributed by atoms with Gasteiger partial charge in [-0.1, -0.05) is 6.08 Å². The maximum atomic E-state index is 5.69. The highest BCUT2D eigenvalue weighted by Crippen LogP contribution is 2.56. The first kappa shape index (κ1) is 7.11. The zero-order valence-electron chi connectivity index (χ0n) is 7.56. The van der Waals surface area contributed by atoms with E-state index in [9.17, 15) is 0 Å². The summed E-state index contributed by atoms with van der Waals surface area (Å²) < 4.78 is 5.69. The van der Waals surface area contributed by atoms with Crippen molar-refractivity contribution < 1.29 is 4.74 Å². The zero-order chi connectivity index (χ0) is 8.28. The quantitative estimate of drug-likeness (QED) is 0.483. The van der Waals surface area contributed by atoms with Crippen LogP contribution in [0, 0.1) is 0 Å². The van der Waals surface area contributed by atoms with Gasteiger partial charge in [-0.15, -0.1) is 0 Å². The predicted molar refractivity (Wildman–Crippen MR) is 45.4 cm³/mol. The van der Waals surface area contributed by atoms with Gasteiger partial charge in [-0.2, -0.15) is 0 Å². The first-order valence-electron chi connectivity index (χ1n) is 4.07. The fourth-order valence-electron chi connectivity index (χ4n) is 1.83. The number of allylic oxidation sites excluding steroid dienone is 2. The van der Waals surface area contributed by atoms with Crippen LogP contribution >= 0.6 is 0 Å². The number of fused-ring (bicyclic) bond motifs is 1. The molecule has 2 unspecified atom stereocenters. The predicted octanol–water partition coefficient (Wildman–Crippen LogP) is 2.44.